The molecule has 6 aromatic rings. The van der Waals surface area contributed by atoms with Gasteiger partial charge in [-0.1, -0.05) is 24.3 Å². The van der Waals surface area contributed by atoms with Crippen molar-refractivity contribution in [1.29, 1.82) is 0 Å². The third kappa shape index (κ3) is 2.94. The molecule has 0 aliphatic rings. The number of halogens is 1. The number of imidazole rings is 1. The van der Waals surface area contributed by atoms with E-state index in [1.165, 1.54) is 12.1 Å². The van der Waals surface area contributed by atoms with Crippen LogP contribution in [0.25, 0.3) is 56.0 Å². The Bertz CT molecular complexity index is 1610. The van der Waals surface area contributed by atoms with E-state index >= 15 is 0 Å². The summed E-state index contributed by atoms with van der Waals surface area (Å²) >= 11 is 0. The topological polar surface area (TPSA) is 83.1 Å². The number of nitrogens with one attached hydrogen (secondary N) is 2. The molecule has 2 N–H and O–H groups in total. The molecule has 0 atom stereocenters. The lowest BCUT2D eigenvalue weighted by atomic mass is 10.0. The predicted molar refractivity (Wildman–Crippen MR) is 122 cm³/mol. The number of H-pyrrole nitrogens is 2. The number of aryl methyl sites for hydroxylation is 1. The number of nitrogens with zero attached hydrogens (tertiary/aromatic N) is 4. The van der Waals surface area contributed by atoms with Crippen molar-refractivity contribution in [3.05, 3.63) is 84.4 Å². The third-order valence-corrected chi connectivity index (χ3v) is 5.60. The smallest absolute Gasteiger partial charge is 0.161 e. The van der Waals surface area contributed by atoms with Crippen molar-refractivity contribution in [1.82, 2.24) is 30.1 Å². The average molecular weight is 420 g/mol. The molecule has 0 saturated carbocycles. The van der Waals surface area contributed by atoms with Crippen LogP contribution in [0.4, 0.5) is 4.39 Å². The molecule has 4 heterocycles. The molecule has 4 aromatic heterocycles. The molecule has 6 rings (SSSR count). The van der Waals surface area contributed by atoms with Gasteiger partial charge in [-0.05, 0) is 54.4 Å². The zero-order chi connectivity index (χ0) is 21.7. The van der Waals surface area contributed by atoms with Crippen LogP contribution in [-0.2, 0) is 0 Å². The van der Waals surface area contributed by atoms with Crippen molar-refractivity contribution in [3.63, 3.8) is 0 Å². The third-order valence-electron chi connectivity index (χ3n) is 5.60. The quantitative estimate of drug-likeness (QED) is 0.386. The number of fused-ring (bicyclic) bond motifs is 2. The summed E-state index contributed by atoms with van der Waals surface area (Å²) in [5, 5.41) is 7.52. The highest BCUT2D eigenvalue weighted by atomic mass is 19.1. The highest BCUT2D eigenvalue weighted by Crippen LogP contribution is 2.32. The van der Waals surface area contributed by atoms with Gasteiger partial charge in [0, 0.05) is 23.5 Å². The first-order valence-electron chi connectivity index (χ1n) is 10.2. The standard InChI is InChI=1S/C25H17FN6/c1-14-10-11-27-13-18(14)19-8-9-21-23(28-19)24(32-31-21)25-29-20-7-3-6-17(22(20)30-25)15-4-2-5-16(26)12-15/h2-13H,1H3,(H,29,30)(H,31,32). The van der Waals surface area contributed by atoms with Gasteiger partial charge in [-0.15, -0.1) is 0 Å². The Morgan fingerprint density at radius 1 is 0.844 bits per heavy atom. The lowest BCUT2D eigenvalue weighted by Gasteiger charge is -2.04. The molecule has 0 radical (unpaired) electrons. The summed E-state index contributed by atoms with van der Waals surface area (Å²) in [5.41, 5.74) is 8.28. The predicted octanol–water partition coefficient (Wildman–Crippen LogP) is 5.68. The van der Waals surface area contributed by atoms with Crippen LogP contribution in [0.15, 0.2) is 73.1 Å². The van der Waals surface area contributed by atoms with Crippen LogP contribution in [0, 0.1) is 12.7 Å². The van der Waals surface area contributed by atoms with Crippen molar-refractivity contribution in [2.24, 2.45) is 0 Å². The highest BCUT2D eigenvalue weighted by Gasteiger charge is 2.17. The maximum atomic E-state index is 13.8. The van der Waals surface area contributed by atoms with Crippen molar-refractivity contribution < 1.29 is 4.39 Å². The molecule has 0 unspecified atom stereocenters. The zero-order valence-electron chi connectivity index (χ0n) is 17.1. The van der Waals surface area contributed by atoms with Crippen LogP contribution < -0.4 is 0 Å². The zero-order valence-corrected chi connectivity index (χ0v) is 17.1. The molecule has 32 heavy (non-hydrogen) atoms. The fourth-order valence-corrected chi connectivity index (χ4v) is 3.98. The molecular formula is C25H17FN6. The Morgan fingerprint density at radius 3 is 2.62 bits per heavy atom. The van der Waals surface area contributed by atoms with Gasteiger partial charge in [0.2, 0.25) is 0 Å². The summed E-state index contributed by atoms with van der Waals surface area (Å²) < 4.78 is 13.8. The first kappa shape index (κ1) is 18.4. The van der Waals surface area contributed by atoms with Crippen molar-refractivity contribution in [2.75, 3.05) is 0 Å². The number of aromatic amines is 2. The van der Waals surface area contributed by atoms with Crippen LogP contribution in [0.1, 0.15) is 5.56 Å². The molecule has 7 heteroatoms. The van der Waals surface area contributed by atoms with E-state index in [0.29, 0.717) is 11.5 Å². The van der Waals surface area contributed by atoms with Gasteiger partial charge in [0.1, 0.15) is 11.3 Å². The lowest BCUT2D eigenvalue weighted by Crippen LogP contribution is -1.90. The minimum atomic E-state index is -0.281. The van der Waals surface area contributed by atoms with Crippen molar-refractivity contribution in [2.45, 2.75) is 6.92 Å². The van der Waals surface area contributed by atoms with Crippen molar-refractivity contribution in [3.8, 4) is 33.9 Å². The largest absolute Gasteiger partial charge is 0.336 e. The monoisotopic (exact) mass is 420 g/mol. The second kappa shape index (κ2) is 7.09. The Balaban J connectivity index is 1.52. The number of benzene rings is 2. The maximum Gasteiger partial charge on any atom is 0.161 e. The summed E-state index contributed by atoms with van der Waals surface area (Å²) in [5.74, 6) is 0.318. The van der Waals surface area contributed by atoms with E-state index in [-0.39, 0.29) is 5.82 Å². The van der Waals surface area contributed by atoms with E-state index in [1.807, 2.05) is 55.6 Å². The van der Waals surface area contributed by atoms with Gasteiger partial charge in [-0.2, -0.15) is 5.10 Å². The van der Waals surface area contributed by atoms with Crippen LogP contribution >= 0.6 is 0 Å². The van der Waals surface area contributed by atoms with Crippen LogP contribution in [0.2, 0.25) is 0 Å². The molecule has 154 valence electrons. The number of aromatic nitrogens is 6. The Kier molecular flexibility index (Phi) is 4.07. The van der Waals surface area contributed by atoms with E-state index in [0.717, 1.165) is 50.0 Å². The molecule has 0 aliphatic heterocycles. The van der Waals surface area contributed by atoms with Gasteiger partial charge in [0.05, 0.1) is 22.2 Å². The van der Waals surface area contributed by atoms with Gasteiger partial charge in [0.15, 0.2) is 11.5 Å². The second-order valence-electron chi connectivity index (χ2n) is 7.65. The van der Waals surface area contributed by atoms with Gasteiger partial charge >= 0.3 is 0 Å². The first-order chi connectivity index (χ1) is 15.7. The lowest BCUT2D eigenvalue weighted by molar-refractivity contribution is 0.628. The minimum absolute atomic E-state index is 0.281. The molecule has 0 saturated heterocycles. The first-order valence-corrected chi connectivity index (χ1v) is 10.2. The molecule has 0 spiro atoms. The van der Waals surface area contributed by atoms with Crippen LogP contribution in [0.3, 0.4) is 0 Å². The van der Waals surface area contributed by atoms with E-state index in [1.54, 1.807) is 12.3 Å². The van der Waals surface area contributed by atoms with Crippen molar-refractivity contribution >= 4 is 22.1 Å². The molecule has 0 fully saturated rings. The SMILES string of the molecule is Cc1ccncc1-c1ccc2[nH]nc(-c3nc4c(-c5cccc(F)c5)cccc4[nH]3)c2n1. The summed E-state index contributed by atoms with van der Waals surface area (Å²) in [6.07, 6.45) is 3.58. The molecule has 0 bridgehead atoms. The molecule has 0 amide bonds. The summed E-state index contributed by atoms with van der Waals surface area (Å²) in [6, 6.07) is 18.2. The van der Waals surface area contributed by atoms with E-state index < -0.39 is 0 Å². The fraction of sp³-hybridized carbons (Fsp3) is 0.0400. The average Bonchev–Trinajstić information content (AvgIpc) is 3.42. The number of hydrogen-bond donors (Lipinski definition) is 2. The summed E-state index contributed by atoms with van der Waals surface area (Å²) in [7, 11) is 0. The Labute approximate surface area is 182 Å². The Hall–Kier alpha value is -4.39. The van der Waals surface area contributed by atoms with E-state index in [2.05, 4.69) is 20.2 Å². The summed E-state index contributed by atoms with van der Waals surface area (Å²) in [4.78, 5) is 17.3. The van der Waals surface area contributed by atoms with Gasteiger partial charge in [0.25, 0.3) is 0 Å². The maximum absolute atomic E-state index is 13.8. The highest BCUT2D eigenvalue weighted by molar-refractivity contribution is 5.96. The second-order valence-corrected chi connectivity index (χ2v) is 7.65. The number of rotatable bonds is 3. The molecule has 0 aliphatic carbocycles. The van der Waals surface area contributed by atoms with Gasteiger partial charge < -0.3 is 4.98 Å². The number of pyridine rings is 2. The molecule has 6 nitrogen and oxygen atoms in total. The normalized spacial score (nSPS) is 11.4. The van der Waals surface area contributed by atoms with E-state index in [4.69, 9.17) is 9.97 Å². The molecule has 2 aromatic carbocycles. The van der Waals surface area contributed by atoms with Crippen LogP contribution in [0.5, 0.6) is 0 Å². The van der Waals surface area contributed by atoms with E-state index in [9.17, 15) is 4.39 Å². The number of hydrogen-bond acceptors (Lipinski definition) is 4. The van der Waals surface area contributed by atoms with Crippen LogP contribution in [-0.4, -0.2) is 30.1 Å². The minimum Gasteiger partial charge on any atom is -0.336 e. The Morgan fingerprint density at radius 2 is 1.75 bits per heavy atom. The fourth-order valence-electron chi connectivity index (χ4n) is 3.98. The van der Waals surface area contributed by atoms with Gasteiger partial charge in [-0.25, -0.2) is 14.4 Å². The number of para-hydroxylation sites is 1. The summed E-state index contributed by atoms with van der Waals surface area (Å²) in [6.45, 7) is 2.03. The molecular weight excluding hydrogens is 403 g/mol. The van der Waals surface area contributed by atoms with Gasteiger partial charge in [-0.3, -0.25) is 10.1 Å².